The standard InChI is InChI=1S/C22H25ClN2O3/c1-27-20-10-9-18(14-21(20)28-2)24-19-7-4-12-25(15-19)22(26)11-8-16-5-3-6-17(23)13-16/h3,5-6,8-11,13-14,19,24H,4,7,12,15H2,1-2H3/b11-8+/t19-/m1/s1. The van der Waals surface area contributed by atoms with Crippen molar-refractivity contribution in [3.05, 3.63) is 59.1 Å². The molecule has 28 heavy (non-hydrogen) atoms. The Bertz CT molecular complexity index is 853. The number of amides is 1. The largest absolute Gasteiger partial charge is 0.493 e. The Kier molecular flexibility index (Phi) is 6.82. The smallest absolute Gasteiger partial charge is 0.246 e. The number of methoxy groups -OCH3 is 2. The fraction of sp³-hybridized carbons (Fsp3) is 0.318. The number of benzene rings is 2. The molecule has 0 unspecified atom stereocenters. The highest BCUT2D eigenvalue weighted by molar-refractivity contribution is 6.30. The highest BCUT2D eigenvalue weighted by Gasteiger charge is 2.22. The molecule has 2 aromatic carbocycles. The molecule has 1 aliphatic heterocycles. The first-order valence-corrected chi connectivity index (χ1v) is 9.68. The second-order valence-electron chi connectivity index (χ2n) is 6.73. The van der Waals surface area contributed by atoms with Crippen LogP contribution in [0.3, 0.4) is 0 Å². The van der Waals surface area contributed by atoms with Crippen LogP contribution in [0.15, 0.2) is 48.5 Å². The van der Waals surface area contributed by atoms with Crippen molar-refractivity contribution < 1.29 is 14.3 Å². The van der Waals surface area contributed by atoms with Gasteiger partial charge < -0.3 is 19.7 Å². The average molecular weight is 401 g/mol. The number of likely N-dealkylation sites (tertiary alicyclic amines) is 1. The molecule has 1 amide bonds. The highest BCUT2D eigenvalue weighted by Crippen LogP contribution is 2.30. The van der Waals surface area contributed by atoms with Gasteiger partial charge in [0.05, 0.1) is 14.2 Å². The van der Waals surface area contributed by atoms with E-state index < -0.39 is 0 Å². The molecule has 3 rings (SSSR count). The third kappa shape index (κ3) is 5.20. The van der Waals surface area contributed by atoms with Crippen molar-refractivity contribution in [2.24, 2.45) is 0 Å². The molecule has 5 nitrogen and oxygen atoms in total. The van der Waals surface area contributed by atoms with Crippen LogP contribution in [-0.4, -0.2) is 44.2 Å². The molecule has 0 radical (unpaired) electrons. The number of nitrogens with zero attached hydrogens (tertiary/aromatic N) is 1. The van der Waals surface area contributed by atoms with Crippen molar-refractivity contribution in [2.75, 3.05) is 32.6 Å². The Morgan fingerprint density at radius 3 is 2.75 bits per heavy atom. The number of ether oxygens (including phenoxy) is 2. The topological polar surface area (TPSA) is 50.8 Å². The monoisotopic (exact) mass is 400 g/mol. The maximum atomic E-state index is 12.6. The summed E-state index contributed by atoms with van der Waals surface area (Å²) in [6.45, 7) is 1.43. The molecule has 0 bridgehead atoms. The maximum Gasteiger partial charge on any atom is 0.246 e. The van der Waals surface area contributed by atoms with Gasteiger partial charge in [0.25, 0.3) is 0 Å². The minimum atomic E-state index is 0.0128. The molecule has 1 heterocycles. The SMILES string of the molecule is COc1ccc(N[C@@H]2CCCN(C(=O)/C=C/c3cccc(Cl)c3)C2)cc1OC. The van der Waals surface area contributed by atoms with Crippen LogP contribution in [0.25, 0.3) is 6.08 Å². The Morgan fingerprint density at radius 1 is 1.18 bits per heavy atom. The van der Waals surface area contributed by atoms with Crippen molar-refractivity contribution in [2.45, 2.75) is 18.9 Å². The number of carbonyl (C=O) groups excluding carboxylic acids is 1. The lowest BCUT2D eigenvalue weighted by molar-refractivity contribution is -0.126. The quantitative estimate of drug-likeness (QED) is 0.726. The summed E-state index contributed by atoms with van der Waals surface area (Å²) in [6.07, 6.45) is 5.39. The zero-order chi connectivity index (χ0) is 19.9. The molecular formula is C22H25ClN2O3. The fourth-order valence-corrected chi connectivity index (χ4v) is 3.54. The van der Waals surface area contributed by atoms with Crippen LogP contribution in [-0.2, 0) is 4.79 Å². The lowest BCUT2D eigenvalue weighted by Gasteiger charge is -2.33. The molecule has 2 aromatic rings. The predicted octanol–water partition coefficient (Wildman–Crippen LogP) is 4.47. The molecule has 1 atom stereocenters. The van der Waals surface area contributed by atoms with Crippen molar-refractivity contribution in [3.8, 4) is 11.5 Å². The molecule has 1 fully saturated rings. The fourth-order valence-electron chi connectivity index (χ4n) is 3.34. The molecular weight excluding hydrogens is 376 g/mol. The van der Waals surface area contributed by atoms with Gasteiger partial charge in [-0.15, -0.1) is 0 Å². The van der Waals surface area contributed by atoms with Crippen LogP contribution in [0.2, 0.25) is 5.02 Å². The van der Waals surface area contributed by atoms with Gasteiger partial charge in [-0.25, -0.2) is 0 Å². The van der Waals surface area contributed by atoms with Gasteiger partial charge in [-0.3, -0.25) is 4.79 Å². The molecule has 1 aliphatic rings. The van der Waals surface area contributed by atoms with E-state index in [0.717, 1.165) is 30.6 Å². The Labute approximate surface area is 170 Å². The van der Waals surface area contributed by atoms with Gasteiger partial charge in [-0.1, -0.05) is 23.7 Å². The van der Waals surface area contributed by atoms with Gasteiger partial charge in [0, 0.05) is 42.0 Å². The summed E-state index contributed by atoms with van der Waals surface area (Å²) in [5.74, 6) is 1.39. The minimum absolute atomic E-state index is 0.0128. The second-order valence-corrected chi connectivity index (χ2v) is 7.16. The summed E-state index contributed by atoms with van der Waals surface area (Å²) >= 11 is 5.99. The molecule has 1 N–H and O–H groups in total. The predicted molar refractivity (Wildman–Crippen MR) is 113 cm³/mol. The summed E-state index contributed by atoms with van der Waals surface area (Å²) in [5, 5.41) is 4.16. The molecule has 0 saturated carbocycles. The van der Waals surface area contributed by atoms with Crippen LogP contribution in [0, 0.1) is 0 Å². The van der Waals surface area contributed by atoms with E-state index >= 15 is 0 Å². The summed E-state index contributed by atoms with van der Waals surface area (Å²) in [4.78, 5) is 14.5. The second kappa shape index (κ2) is 9.51. The maximum absolute atomic E-state index is 12.6. The number of carbonyl (C=O) groups is 1. The molecule has 0 aliphatic carbocycles. The van der Waals surface area contributed by atoms with E-state index in [1.165, 1.54) is 0 Å². The first-order chi connectivity index (χ1) is 13.6. The van der Waals surface area contributed by atoms with Crippen molar-refractivity contribution in [3.63, 3.8) is 0 Å². The van der Waals surface area contributed by atoms with Gasteiger partial charge in [-0.05, 0) is 48.7 Å². The van der Waals surface area contributed by atoms with E-state index in [4.69, 9.17) is 21.1 Å². The van der Waals surface area contributed by atoms with E-state index in [1.54, 1.807) is 26.4 Å². The molecule has 6 heteroatoms. The average Bonchev–Trinajstić information content (AvgIpc) is 2.72. The summed E-state index contributed by atoms with van der Waals surface area (Å²) < 4.78 is 10.6. The van der Waals surface area contributed by atoms with Gasteiger partial charge in [0.15, 0.2) is 11.5 Å². The number of piperidine rings is 1. The lowest BCUT2D eigenvalue weighted by Crippen LogP contribution is -2.44. The Balaban J connectivity index is 1.61. The van der Waals surface area contributed by atoms with Crippen molar-refractivity contribution >= 4 is 29.3 Å². The van der Waals surface area contributed by atoms with Crippen molar-refractivity contribution in [1.29, 1.82) is 0 Å². The number of halogens is 1. The van der Waals surface area contributed by atoms with Gasteiger partial charge >= 0.3 is 0 Å². The van der Waals surface area contributed by atoms with E-state index in [9.17, 15) is 4.79 Å². The number of rotatable bonds is 6. The summed E-state index contributed by atoms with van der Waals surface area (Å²) in [5.41, 5.74) is 1.87. The van der Waals surface area contributed by atoms with Crippen molar-refractivity contribution in [1.82, 2.24) is 4.90 Å². The number of nitrogens with one attached hydrogen (secondary N) is 1. The molecule has 0 aromatic heterocycles. The third-order valence-electron chi connectivity index (χ3n) is 4.75. The van der Waals surface area contributed by atoms with Gasteiger partial charge in [0.2, 0.25) is 5.91 Å². The van der Waals surface area contributed by atoms with Crippen LogP contribution in [0.1, 0.15) is 18.4 Å². The van der Waals surface area contributed by atoms with E-state index in [-0.39, 0.29) is 11.9 Å². The minimum Gasteiger partial charge on any atom is -0.493 e. The summed E-state index contributed by atoms with van der Waals surface area (Å²) in [6, 6.07) is 13.4. The number of anilines is 1. The Hall–Kier alpha value is -2.66. The first kappa shape index (κ1) is 20.1. The van der Waals surface area contributed by atoms with Gasteiger partial charge in [-0.2, -0.15) is 0 Å². The number of hydrogen-bond donors (Lipinski definition) is 1. The van der Waals surface area contributed by atoms with E-state index in [2.05, 4.69) is 5.32 Å². The summed E-state index contributed by atoms with van der Waals surface area (Å²) in [7, 11) is 3.24. The molecule has 0 spiro atoms. The Morgan fingerprint density at radius 2 is 2.00 bits per heavy atom. The third-order valence-corrected chi connectivity index (χ3v) is 4.99. The van der Waals surface area contributed by atoms with Crippen LogP contribution in [0.4, 0.5) is 5.69 Å². The number of hydrogen-bond acceptors (Lipinski definition) is 4. The van der Waals surface area contributed by atoms with Crippen LogP contribution >= 0.6 is 11.6 Å². The zero-order valence-corrected chi connectivity index (χ0v) is 16.9. The van der Waals surface area contributed by atoms with Gasteiger partial charge in [0.1, 0.15) is 0 Å². The molecule has 148 valence electrons. The zero-order valence-electron chi connectivity index (χ0n) is 16.2. The van der Waals surface area contributed by atoms with Crippen LogP contribution < -0.4 is 14.8 Å². The van der Waals surface area contributed by atoms with Crippen LogP contribution in [0.5, 0.6) is 11.5 Å². The van der Waals surface area contributed by atoms with E-state index in [0.29, 0.717) is 23.1 Å². The van der Waals surface area contributed by atoms with E-state index in [1.807, 2.05) is 47.4 Å². The highest BCUT2D eigenvalue weighted by atomic mass is 35.5. The normalized spacial score (nSPS) is 16.8. The molecule has 1 saturated heterocycles. The lowest BCUT2D eigenvalue weighted by atomic mass is 10.0. The first-order valence-electron chi connectivity index (χ1n) is 9.30.